The maximum absolute atomic E-state index is 11.3. The highest BCUT2D eigenvalue weighted by molar-refractivity contribution is 7.18. The summed E-state index contributed by atoms with van der Waals surface area (Å²) in [4.78, 5) is 4.71. The van der Waals surface area contributed by atoms with Crippen molar-refractivity contribution in [3.05, 3.63) is 69.4 Å². The van der Waals surface area contributed by atoms with Crippen molar-refractivity contribution < 1.29 is 14.4 Å². The van der Waals surface area contributed by atoms with Crippen molar-refractivity contribution in [1.29, 1.82) is 0 Å². The number of aromatic nitrogens is 2. The Morgan fingerprint density at radius 1 is 1.12 bits per heavy atom. The molecule has 2 heterocycles. The van der Waals surface area contributed by atoms with E-state index in [1.165, 1.54) is 0 Å². The minimum atomic E-state index is -0.875. The van der Waals surface area contributed by atoms with E-state index in [2.05, 4.69) is 11.2 Å². The van der Waals surface area contributed by atoms with Gasteiger partial charge in [-0.3, -0.25) is 0 Å². The van der Waals surface area contributed by atoms with Crippen LogP contribution in [0, 0.1) is 6.92 Å². The number of hydrogen-bond donors (Lipinski definition) is 1. The molecule has 1 N–H and O–H groups in total. The van der Waals surface area contributed by atoms with Crippen molar-refractivity contribution in [3.8, 4) is 11.3 Å². The smallest absolute Gasteiger partial charge is 0.145 e. The predicted octanol–water partition coefficient (Wildman–Crippen LogP) is 7.14. The third kappa shape index (κ3) is 4.07. The lowest BCUT2D eigenvalue weighted by atomic mass is 9.83. The van der Waals surface area contributed by atoms with Gasteiger partial charge in [-0.25, -0.2) is 4.98 Å². The molecule has 0 unspecified atom stereocenters. The highest BCUT2D eigenvalue weighted by Gasteiger charge is 2.39. The summed E-state index contributed by atoms with van der Waals surface area (Å²) in [5.74, 6) is 1.37. The van der Waals surface area contributed by atoms with E-state index in [-0.39, 0.29) is 6.10 Å². The number of rotatable bonds is 6. The van der Waals surface area contributed by atoms with Gasteiger partial charge in [-0.05, 0) is 69.2 Å². The van der Waals surface area contributed by atoms with Gasteiger partial charge < -0.3 is 14.4 Å². The van der Waals surface area contributed by atoms with Gasteiger partial charge in [0.1, 0.15) is 22.1 Å². The fourth-order valence-electron chi connectivity index (χ4n) is 4.98. The number of ether oxygens (including phenoxy) is 1. The molecule has 7 heteroatoms. The molecule has 0 bridgehead atoms. The number of halogens is 1. The van der Waals surface area contributed by atoms with Crippen molar-refractivity contribution in [2.45, 2.75) is 69.7 Å². The highest BCUT2D eigenvalue weighted by atomic mass is 35.5. The summed E-state index contributed by atoms with van der Waals surface area (Å²) in [5, 5.41) is 17.3. The Morgan fingerprint density at radius 3 is 2.65 bits per heavy atom. The zero-order chi connectivity index (χ0) is 23.3. The standard InChI is InChI=1S/C27H27ClN2O3S/c1-16-5-4-6-20(28)23(16)24-19(25(33-30-24)17-9-10-17)15-32-18-11-13-27(31,14-12-18)26-29-21-7-2-3-8-22(21)34-26/h2-8,17-18,31H,9-15H2,1H3/t18-,27+. The molecular weight excluding hydrogens is 468 g/mol. The van der Waals surface area contributed by atoms with Crippen molar-refractivity contribution >= 4 is 33.2 Å². The number of para-hydroxylation sites is 1. The molecule has 0 saturated heterocycles. The molecule has 176 valence electrons. The number of aryl methyl sites for hydroxylation is 1. The first-order valence-corrected chi connectivity index (χ1v) is 13.2. The molecular formula is C27H27ClN2O3S. The Labute approximate surface area is 207 Å². The topological polar surface area (TPSA) is 68.4 Å². The van der Waals surface area contributed by atoms with Crippen LogP contribution in [0.2, 0.25) is 5.02 Å². The maximum atomic E-state index is 11.3. The Bertz CT molecular complexity index is 1280. The summed E-state index contributed by atoms with van der Waals surface area (Å²) in [6.07, 6.45) is 5.20. The van der Waals surface area contributed by atoms with E-state index in [9.17, 15) is 5.11 Å². The highest BCUT2D eigenvalue weighted by Crippen LogP contribution is 2.46. The fraction of sp³-hybridized carbons (Fsp3) is 0.407. The third-order valence-electron chi connectivity index (χ3n) is 7.14. The first-order valence-electron chi connectivity index (χ1n) is 12.0. The van der Waals surface area contributed by atoms with Crippen molar-refractivity contribution in [1.82, 2.24) is 10.1 Å². The summed E-state index contributed by atoms with van der Waals surface area (Å²) >= 11 is 8.15. The lowest BCUT2D eigenvalue weighted by Crippen LogP contribution is -2.34. The second kappa shape index (κ2) is 8.76. The maximum Gasteiger partial charge on any atom is 0.145 e. The molecule has 2 aliphatic rings. The van der Waals surface area contributed by atoms with Gasteiger partial charge >= 0.3 is 0 Å². The van der Waals surface area contributed by atoms with E-state index in [0.29, 0.717) is 30.4 Å². The molecule has 2 aromatic heterocycles. The van der Waals surface area contributed by atoms with Gasteiger partial charge in [0.15, 0.2) is 0 Å². The molecule has 4 aromatic rings. The van der Waals surface area contributed by atoms with Gasteiger partial charge in [-0.1, -0.05) is 41.0 Å². The predicted molar refractivity (Wildman–Crippen MR) is 134 cm³/mol. The number of fused-ring (bicyclic) bond motifs is 1. The third-order valence-corrected chi connectivity index (χ3v) is 8.69. The van der Waals surface area contributed by atoms with Crippen LogP contribution in [-0.2, 0) is 16.9 Å². The summed E-state index contributed by atoms with van der Waals surface area (Å²) in [6.45, 7) is 2.49. The Morgan fingerprint density at radius 2 is 1.91 bits per heavy atom. The molecule has 0 atom stereocenters. The Kier molecular flexibility index (Phi) is 5.72. The van der Waals surface area contributed by atoms with Crippen LogP contribution in [0.3, 0.4) is 0 Å². The van der Waals surface area contributed by atoms with Gasteiger partial charge in [0.2, 0.25) is 0 Å². The number of benzene rings is 2. The lowest BCUT2D eigenvalue weighted by Gasteiger charge is -2.34. The van der Waals surface area contributed by atoms with Crippen LogP contribution >= 0.6 is 22.9 Å². The second-order valence-corrected chi connectivity index (χ2v) is 11.0. The minimum Gasteiger partial charge on any atom is -0.383 e. The molecule has 5 nitrogen and oxygen atoms in total. The molecule has 2 fully saturated rings. The molecule has 2 aliphatic carbocycles. The normalized spacial score (nSPS) is 23.0. The monoisotopic (exact) mass is 494 g/mol. The average molecular weight is 495 g/mol. The first kappa shape index (κ1) is 22.2. The van der Waals surface area contributed by atoms with Gasteiger partial charge in [-0.15, -0.1) is 11.3 Å². The van der Waals surface area contributed by atoms with Crippen molar-refractivity contribution in [2.75, 3.05) is 0 Å². The zero-order valence-corrected chi connectivity index (χ0v) is 20.7. The molecule has 2 saturated carbocycles. The van der Waals surface area contributed by atoms with Crippen LogP contribution in [-0.4, -0.2) is 21.4 Å². The fourth-order valence-corrected chi connectivity index (χ4v) is 6.40. The number of nitrogens with zero attached hydrogens (tertiary/aromatic N) is 2. The Hall–Kier alpha value is -2.25. The summed E-state index contributed by atoms with van der Waals surface area (Å²) in [5.41, 5.74) is 3.89. The SMILES string of the molecule is Cc1cccc(Cl)c1-c1noc(C2CC2)c1CO[C@H]1CC[C@](O)(c2nc3ccccc3s2)CC1. The second-order valence-electron chi connectivity index (χ2n) is 9.61. The van der Waals surface area contributed by atoms with Crippen LogP contribution in [0.5, 0.6) is 0 Å². The molecule has 34 heavy (non-hydrogen) atoms. The zero-order valence-electron chi connectivity index (χ0n) is 19.1. The minimum absolute atomic E-state index is 0.0804. The lowest BCUT2D eigenvalue weighted by molar-refractivity contribution is -0.0640. The van der Waals surface area contributed by atoms with Crippen molar-refractivity contribution in [2.24, 2.45) is 0 Å². The van der Waals surface area contributed by atoms with Crippen LogP contribution in [0.25, 0.3) is 21.5 Å². The van der Waals surface area contributed by atoms with E-state index < -0.39 is 5.60 Å². The van der Waals surface area contributed by atoms with Crippen LogP contribution in [0.15, 0.2) is 47.0 Å². The van der Waals surface area contributed by atoms with E-state index in [0.717, 1.165) is 69.1 Å². The molecule has 0 amide bonds. The van der Waals surface area contributed by atoms with E-state index in [1.807, 2.05) is 43.3 Å². The molecule has 6 rings (SSSR count). The number of thiazole rings is 1. The summed E-state index contributed by atoms with van der Waals surface area (Å²) in [6, 6.07) is 13.9. The number of hydrogen-bond acceptors (Lipinski definition) is 6. The number of aliphatic hydroxyl groups is 1. The molecule has 2 aromatic carbocycles. The molecule has 0 spiro atoms. The van der Waals surface area contributed by atoms with E-state index in [4.69, 9.17) is 25.8 Å². The van der Waals surface area contributed by atoms with Gasteiger partial charge in [0.25, 0.3) is 0 Å². The van der Waals surface area contributed by atoms with E-state index >= 15 is 0 Å². The molecule has 0 radical (unpaired) electrons. The van der Waals surface area contributed by atoms with Crippen LogP contribution < -0.4 is 0 Å². The van der Waals surface area contributed by atoms with Crippen LogP contribution in [0.4, 0.5) is 0 Å². The summed E-state index contributed by atoms with van der Waals surface area (Å²) in [7, 11) is 0. The largest absolute Gasteiger partial charge is 0.383 e. The van der Waals surface area contributed by atoms with Gasteiger partial charge in [0.05, 0.1) is 28.0 Å². The van der Waals surface area contributed by atoms with Crippen molar-refractivity contribution in [3.63, 3.8) is 0 Å². The van der Waals surface area contributed by atoms with E-state index in [1.54, 1.807) is 11.3 Å². The molecule has 0 aliphatic heterocycles. The Balaban J connectivity index is 1.18. The van der Waals surface area contributed by atoms with Crippen LogP contribution in [0.1, 0.15) is 66.3 Å². The van der Waals surface area contributed by atoms with Gasteiger partial charge in [-0.2, -0.15) is 0 Å². The summed E-state index contributed by atoms with van der Waals surface area (Å²) < 4.78 is 13.3. The quantitative estimate of drug-likeness (QED) is 0.308. The first-order chi connectivity index (χ1) is 16.5. The average Bonchev–Trinajstić information content (AvgIpc) is 3.44. The van der Waals surface area contributed by atoms with Gasteiger partial charge in [0, 0.05) is 17.0 Å².